The maximum atomic E-state index is 6.14. The van der Waals surface area contributed by atoms with Crippen molar-refractivity contribution in [1.29, 1.82) is 0 Å². The second-order valence-corrected chi connectivity index (χ2v) is 11.9. The number of rotatable bonds is 8. The molecule has 4 heteroatoms. The number of nitrogens with zero attached hydrogens (tertiary/aromatic N) is 2. The van der Waals surface area contributed by atoms with E-state index in [1.807, 2.05) is 23.9 Å². The number of hydrogen-bond acceptors (Lipinski definition) is 3. The van der Waals surface area contributed by atoms with Gasteiger partial charge >= 0.3 is 0 Å². The van der Waals surface area contributed by atoms with E-state index in [0.717, 1.165) is 50.0 Å². The van der Waals surface area contributed by atoms with Gasteiger partial charge in [0.15, 0.2) is 0 Å². The van der Waals surface area contributed by atoms with E-state index >= 15 is 0 Å². The molecular weight excluding hydrogens is 456 g/mol. The van der Waals surface area contributed by atoms with Crippen LogP contribution < -0.4 is 0 Å². The highest BCUT2D eigenvalue weighted by atomic mass is 35.5. The summed E-state index contributed by atoms with van der Waals surface area (Å²) in [6.45, 7) is 13.6. The van der Waals surface area contributed by atoms with Gasteiger partial charge in [-0.3, -0.25) is 9.80 Å². The Labute approximate surface area is 215 Å². The first-order valence-corrected chi connectivity index (χ1v) is 13.8. The minimum Gasteiger partial charge on any atom is -0.300 e. The first-order valence-electron chi connectivity index (χ1n) is 12.3. The van der Waals surface area contributed by atoms with Crippen molar-refractivity contribution in [2.24, 2.45) is 0 Å². The Kier molecular flexibility index (Phi) is 8.76. The van der Waals surface area contributed by atoms with E-state index in [2.05, 4.69) is 97.3 Å². The molecule has 0 spiro atoms. The van der Waals surface area contributed by atoms with Crippen LogP contribution in [-0.2, 0) is 12.0 Å². The predicted molar refractivity (Wildman–Crippen MR) is 149 cm³/mol. The van der Waals surface area contributed by atoms with E-state index in [0.29, 0.717) is 5.25 Å². The topological polar surface area (TPSA) is 6.48 Å². The number of benzene rings is 3. The molecule has 1 atom stereocenters. The average molecular weight is 493 g/mol. The third-order valence-corrected chi connectivity index (χ3v) is 8.21. The van der Waals surface area contributed by atoms with Crippen molar-refractivity contribution in [3.63, 3.8) is 0 Å². The van der Waals surface area contributed by atoms with Gasteiger partial charge in [-0.1, -0.05) is 99.1 Å². The molecule has 4 rings (SSSR count). The van der Waals surface area contributed by atoms with Crippen molar-refractivity contribution in [1.82, 2.24) is 9.80 Å². The fourth-order valence-electron chi connectivity index (χ4n) is 4.49. The van der Waals surface area contributed by atoms with Crippen molar-refractivity contribution in [2.45, 2.75) is 38.0 Å². The molecule has 2 nitrogen and oxygen atoms in total. The van der Waals surface area contributed by atoms with E-state index < -0.39 is 0 Å². The summed E-state index contributed by atoms with van der Waals surface area (Å²) >= 11 is 8.17. The molecule has 1 heterocycles. The zero-order valence-corrected chi connectivity index (χ0v) is 22.3. The van der Waals surface area contributed by atoms with Crippen LogP contribution in [-0.4, -0.2) is 48.3 Å². The van der Waals surface area contributed by atoms with Crippen molar-refractivity contribution < 1.29 is 0 Å². The summed E-state index contributed by atoms with van der Waals surface area (Å²) in [7, 11) is 0. The molecule has 1 aliphatic heterocycles. The maximum Gasteiger partial charge on any atom is 0.0547 e. The lowest BCUT2D eigenvalue weighted by molar-refractivity contribution is 0.133. The molecule has 180 valence electrons. The molecule has 3 aromatic rings. The fourth-order valence-corrected chi connectivity index (χ4v) is 5.91. The van der Waals surface area contributed by atoms with Gasteiger partial charge in [0.1, 0.15) is 0 Å². The van der Waals surface area contributed by atoms with Gasteiger partial charge in [-0.25, -0.2) is 0 Å². The van der Waals surface area contributed by atoms with Crippen LogP contribution in [0.25, 0.3) is 0 Å². The molecule has 1 aliphatic rings. The molecule has 0 aromatic heterocycles. The average Bonchev–Trinajstić information content (AvgIpc) is 2.84. The Hall–Kier alpha value is -1.78. The first-order chi connectivity index (χ1) is 16.4. The van der Waals surface area contributed by atoms with Crippen LogP contribution in [0.15, 0.2) is 78.9 Å². The van der Waals surface area contributed by atoms with Crippen LogP contribution in [0.2, 0.25) is 5.02 Å². The summed E-state index contributed by atoms with van der Waals surface area (Å²) in [5, 5.41) is 1.14. The van der Waals surface area contributed by atoms with Gasteiger partial charge in [0.2, 0.25) is 0 Å². The molecule has 1 unspecified atom stereocenters. The molecule has 1 fully saturated rings. The lowest BCUT2D eigenvalue weighted by Gasteiger charge is -2.35. The molecule has 0 saturated carbocycles. The van der Waals surface area contributed by atoms with Gasteiger partial charge in [0.05, 0.1) is 5.25 Å². The summed E-state index contributed by atoms with van der Waals surface area (Å²) in [6.07, 6.45) is 0. The highest BCUT2D eigenvalue weighted by molar-refractivity contribution is 7.99. The molecule has 0 bridgehead atoms. The van der Waals surface area contributed by atoms with Crippen LogP contribution in [0.3, 0.4) is 0 Å². The zero-order valence-electron chi connectivity index (χ0n) is 20.7. The third kappa shape index (κ3) is 7.11. The molecule has 34 heavy (non-hydrogen) atoms. The van der Waals surface area contributed by atoms with Crippen molar-refractivity contribution >= 4 is 23.4 Å². The number of thioether (sulfide) groups is 1. The second-order valence-electron chi connectivity index (χ2n) is 10.3. The molecule has 0 N–H and O–H groups in total. The molecule has 0 amide bonds. The van der Waals surface area contributed by atoms with E-state index in [9.17, 15) is 0 Å². The predicted octanol–water partition coefficient (Wildman–Crippen LogP) is 7.28. The first kappa shape index (κ1) is 25.3. The number of hydrogen-bond donors (Lipinski definition) is 0. The van der Waals surface area contributed by atoms with Gasteiger partial charge < -0.3 is 0 Å². The van der Waals surface area contributed by atoms with Gasteiger partial charge in [-0.05, 0) is 39.8 Å². The minimum absolute atomic E-state index is 0.218. The summed E-state index contributed by atoms with van der Waals surface area (Å²) < 4.78 is 0. The van der Waals surface area contributed by atoms with Crippen LogP contribution in [0, 0.1) is 0 Å². The Balaban J connectivity index is 1.25. The SMILES string of the molecule is CC(C)(C)c1ccc(CN2CCN(CCSC(c3ccccc3)c3ccc(Cl)cc3)CC2)cc1. The number of halogens is 1. The van der Waals surface area contributed by atoms with E-state index in [1.165, 1.54) is 22.3 Å². The minimum atomic E-state index is 0.218. The molecule has 0 aliphatic carbocycles. The Morgan fingerprint density at radius 3 is 1.97 bits per heavy atom. The fraction of sp³-hybridized carbons (Fsp3) is 0.400. The van der Waals surface area contributed by atoms with Crippen molar-refractivity contribution in [3.05, 3.63) is 106 Å². The van der Waals surface area contributed by atoms with Crippen LogP contribution >= 0.6 is 23.4 Å². The van der Waals surface area contributed by atoms with Gasteiger partial charge in [-0.2, -0.15) is 0 Å². The quantitative estimate of drug-likeness (QED) is 0.326. The molecule has 3 aromatic carbocycles. The molecular formula is C30H37ClN2S. The van der Waals surface area contributed by atoms with Crippen molar-refractivity contribution in [3.8, 4) is 0 Å². The highest BCUT2D eigenvalue weighted by Gasteiger charge is 2.19. The summed E-state index contributed by atoms with van der Waals surface area (Å²) in [4.78, 5) is 5.21. The lowest BCUT2D eigenvalue weighted by atomic mass is 9.87. The van der Waals surface area contributed by atoms with E-state index in [1.54, 1.807) is 0 Å². The van der Waals surface area contributed by atoms with Gasteiger partial charge in [-0.15, -0.1) is 11.8 Å². The zero-order chi connectivity index (χ0) is 24.0. The number of piperazine rings is 1. The largest absolute Gasteiger partial charge is 0.300 e. The van der Waals surface area contributed by atoms with Crippen molar-refractivity contribution in [2.75, 3.05) is 38.5 Å². The second kappa shape index (κ2) is 11.8. The highest BCUT2D eigenvalue weighted by Crippen LogP contribution is 2.36. The molecule has 1 saturated heterocycles. The molecule has 0 radical (unpaired) electrons. The maximum absolute atomic E-state index is 6.14. The monoisotopic (exact) mass is 492 g/mol. The van der Waals surface area contributed by atoms with Gasteiger partial charge in [0.25, 0.3) is 0 Å². The third-order valence-electron chi connectivity index (χ3n) is 6.66. The normalized spacial score (nSPS) is 16.5. The smallest absolute Gasteiger partial charge is 0.0547 e. The van der Waals surface area contributed by atoms with Crippen LogP contribution in [0.5, 0.6) is 0 Å². The lowest BCUT2D eigenvalue weighted by Crippen LogP contribution is -2.46. The van der Waals surface area contributed by atoms with E-state index in [-0.39, 0.29) is 5.41 Å². The van der Waals surface area contributed by atoms with Gasteiger partial charge in [0, 0.05) is 50.0 Å². The summed E-state index contributed by atoms with van der Waals surface area (Å²) in [5.74, 6) is 1.12. The van der Waals surface area contributed by atoms with Crippen LogP contribution in [0.1, 0.15) is 48.3 Å². The summed E-state index contributed by atoms with van der Waals surface area (Å²) in [5.41, 5.74) is 5.73. The standard InChI is InChI=1S/C30H37ClN2S/c1-30(2,3)27-13-9-24(10-14-27)23-33-19-17-32(18-20-33)21-22-34-29(25-7-5-4-6-8-25)26-11-15-28(31)16-12-26/h4-16,29H,17-23H2,1-3H3. The van der Waals surface area contributed by atoms with Crippen LogP contribution in [0.4, 0.5) is 0 Å². The summed E-state index contributed by atoms with van der Waals surface area (Å²) in [6, 6.07) is 28.4. The van der Waals surface area contributed by atoms with E-state index in [4.69, 9.17) is 11.6 Å². The Morgan fingerprint density at radius 2 is 1.35 bits per heavy atom. The Bertz CT molecular complexity index is 1000. The Morgan fingerprint density at radius 1 is 0.765 bits per heavy atom.